The molecule has 0 saturated heterocycles. The van der Waals surface area contributed by atoms with E-state index in [-0.39, 0.29) is 12.6 Å². The summed E-state index contributed by atoms with van der Waals surface area (Å²) in [7, 11) is 0. The van der Waals surface area contributed by atoms with E-state index < -0.39 is 0 Å². The number of nitrogens with zero attached hydrogens (tertiary/aromatic N) is 2. The third-order valence-corrected chi connectivity index (χ3v) is 3.84. The molecule has 1 aromatic rings. The summed E-state index contributed by atoms with van der Waals surface area (Å²) in [5.41, 5.74) is 7.11. The monoisotopic (exact) mass is 249 g/mol. The van der Waals surface area contributed by atoms with Gasteiger partial charge in [-0.05, 0) is 24.5 Å². The lowest BCUT2D eigenvalue weighted by molar-refractivity contribution is 0.107. The van der Waals surface area contributed by atoms with Crippen molar-refractivity contribution in [3.8, 4) is 0 Å². The molecule has 0 aliphatic heterocycles. The zero-order valence-electron chi connectivity index (χ0n) is 10.8. The van der Waals surface area contributed by atoms with E-state index in [4.69, 9.17) is 5.73 Å². The summed E-state index contributed by atoms with van der Waals surface area (Å²) in [6.45, 7) is 1.46. The summed E-state index contributed by atoms with van der Waals surface area (Å²) in [5, 5.41) is 9.29. The lowest BCUT2D eigenvalue weighted by atomic mass is 10.0. The van der Waals surface area contributed by atoms with E-state index in [0.717, 1.165) is 5.56 Å². The van der Waals surface area contributed by atoms with Crippen molar-refractivity contribution in [2.24, 2.45) is 5.73 Å². The summed E-state index contributed by atoms with van der Waals surface area (Å²) in [4.78, 5) is 6.54. The fourth-order valence-electron chi connectivity index (χ4n) is 2.98. The molecule has 100 valence electrons. The molecule has 1 heterocycles. The standard InChI is InChI=1S/C14H23N3O/c15-10-14(12-4-3-7-16-11-12)17(8-9-18)13-5-1-2-6-13/h3-4,7,11,13-14,18H,1-2,5-6,8-10,15H2. The van der Waals surface area contributed by atoms with Gasteiger partial charge < -0.3 is 10.8 Å². The van der Waals surface area contributed by atoms with Crippen molar-refractivity contribution in [2.75, 3.05) is 19.7 Å². The molecule has 1 aliphatic rings. The molecule has 2 rings (SSSR count). The first-order chi connectivity index (χ1) is 8.86. The largest absolute Gasteiger partial charge is 0.395 e. The molecule has 1 unspecified atom stereocenters. The number of nitrogens with two attached hydrogens (primary N) is 1. The Kier molecular flexibility index (Phi) is 5.11. The fourth-order valence-corrected chi connectivity index (χ4v) is 2.98. The zero-order valence-corrected chi connectivity index (χ0v) is 10.8. The third-order valence-electron chi connectivity index (χ3n) is 3.84. The second kappa shape index (κ2) is 6.83. The van der Waals surface area contributed by atoms with Gasteiger partial charge in [-0.2, -0.15) is 0 Å². The first-order valence-electron chi connectivity index (χ1n) is 6.83. The van der Waals surface area contributed by atoms with Crippen molar-refractivity contribution in [2.45, 2.75) is 37.8 Å². The molecule has 1 aliphatic carbocycles. The molecule has 0 radical (unpaired) electrons. The highest BCUT2D eigenvalue weighted by Gasteiger charge is 2.28. The topological polar surface area (TPSA) is 62.4 Å². The van der Waals surface area contributed by atoms with Crippen LogP contribution in [0.3, 0.4) is 0 Å². The second-order valence-corrected chi connectivity index (χ2v) is 4.94. The van der Waals surface area contributed by atoms with Gasteiger partial charge in [-0.3, -0.25) is 9.88 Å². The maximum Gasteiger partial charge on any atom is 0.0558 e. The van der Waals surface area contributed by atoms with Crippen molar-refractivity contribution < 1.29 is 5.11 Å². The number of hydrogen-bond acceptors (Lipinski definition) is 4. The van der Waals surface area contributed by atoms with Crippen LogP contribution in [0.5, 0.6) is 0 Å². The Labute approximate surface area is 109 Å². The number of aliphatic hydroxyl groups is 1. The highest BCUT2D eigenvalue weighted by Crippen LogP contribution is 2.30. The number of aliphatic hydroxyl groups excluding tert-OH is 1. The fraction of sp³-hybridized carbons (Fsp3) is 0.643. The molecule has 0 spiro atoms. The Morgan fingerprint density at radius 3 is 2.78 bits per heavy atom. The summed E-state index contributed by atoms with van der Waals surface area (Å²) < 4.78 is 0. The molecule has 0 aromatic carbocycles. The van der Waals surface area contributed by atoms with Gasteiger partial charge in [0.1, 0.15) is 0 Å². The van der Waals surface area contributed by atoms with Crippen LogP contribution in [0.2, 0.25) is 0 Å². The maximum absolute atomic E-state index is 9.29. The first-order valence-corrected chi connectivity index (χ1v) is 6.83. The van der Waals surface area contributed by atoms with Gasteiger partial charge in [0, 0.05) is 37.6 Å². The van der Waals surface area contributed by atoms with E-state index in [2.05, 4.69) is 16.0 Å². The van der Waals surface area contributed by atoms with Crippen molar-refractivity contribution in [1.82, 2.24) is 9.88 Å². The Morgan fingerprint density at radius 2 is 2.22 bits per heavy atom. The Morgan fingerprint density at radius 1 is 1.44 bits per heavy atom. The van der Waals surface area contributed by atoms with Gasteiger partial charge in [-0.25, -0.2) is 0 Å². The van der Waals surface area contributed by atoms with E-state index in [0.29, 0.717) is 19.1 Å². The molecule has 0 amide bonds. The summed E-state index contributed by atoms with van der Waals surface area (Å²) >= 11 is 0. The molecule has 0 bridgehead atoms. The van der Waals surface area contributed by atoms with Gasteiger partial charge in [0.05, 0.1) is 6.61 Å². The number of rotatable bonds is 6. The van der Waals surface area contributed by atoms with Crippen LogP contribution in [-0.4, -0.2) is 40.7 Å². The summed E-state index contributed by atoms with van der Waals surface area (Å²) in [6.07, 6.45) is 8.68. The second-order valence-electron chi connectivity index (χ2n) is 4.94. The van der Waals surface area contributed by atoms with Crippen LogP contribution in [0, 0.1) is 0 Å². The lowest BCUT2D eigenvalue weighted by Gasteiger charge is -2.35. The molecule has 4 nitrogen and oxygen atoms in total. The van der Waals surface area contributed by atoms with Crippen molar-refractivity contribution >= 4 is 0 Å². The number of aromatic nitrogens is 1. The van der Waals surface area contributed by atoms with Crippen LogP contribution >= 0.6 is 0 Å². The van der Waals surface area contributed by atoms with Gasteiger partial charge in [0.2, 0.25) is 0 Å². The maximum atomic E-state index is 9.29. The van der Waals surface area contributed by atoms with Gasteiger partial charge in [0.15, 0.2) is 0 Å². The number of pyridine rings is 1. The Bertz CT molecular complexity index is 338. The van der Waals surface area contributed by atoms with Crippen LogP contribution in [0.1, 0.15) is 37.3 Å². The van der Waals surface area contributed by atoms with Crippen molar-refractivity contribution in [3.63, 3.8) is 0 Å². The molecular weight excluding hydrogens is 226 g/mol. The van der Waals surface area contributed by atoms with Crippen molar-refractivity contribution in [3.05, 3.63) is 30.1 Å². The van der Waals surface area contributed by atoms with Gasteiger partial charge >= 0.3 is 0 Å². The first kappa shape index (κ1) is 13.5. The van der Waals surface area contributed by atoms with E-state index in [9.17, 15) is 5.11 Å². The molecule has 1 fully saturated rings. The Balaban J connectivity index is 2.16. The minimum absolute atomic E-state index is 0.175. The molecule has 1 atom stereocenters. The van der Waals surface area contributed by atoms with E-state index in [1.54, 1.807) is 6.20 Å². The van der Waals surface area contributed by atoms with Crippen LogP contribution in [0.25, 0.3) is 0 Å². The SMILES string of the molecule is NCC(c1cccnc1)N(CCO)C1CCCC1. The normalized spacial score (nSPS) is 18.4. The van der Waals surface area contributed by atoms with Crippen LogP contribution in [0.15, 0.2) is 24.5 Å². The molecule has 1 aromatic heterocycles. The average Bonchev–Trinajstić information content (AvgIpc) is 2.93. The molecule has 3 N–H and O–H groups in total. The molecule has 4 heteroatoms. The molecular formula is C14H23N3O. The van der Waals surface area contributed by atoms with Gasteiger partial charge in [0.25, 0.3) is 0 Å². The predicted molar refractivity (Wildman–Crippen MR) is 72.1 cm³/mol. The van der Waals surface area contributed by atoms with Crippen LogP contribution in [0.4, 0.5) is 0 Å². The third kappa shape index (κ3) is 3.07. The summed E-state index contributed by atoms with van der Waals surface area (Å²) in [5.74, 6) is 0. The van der Waals surface area contributed by atoms with Gasteiger partial charge in [-0.1, -0.05) is 18.9 Å². The van der Waals surface area contributed by atoms with E-state index >= 15 is 0 Å². The van der Waals surface area contributed by atoms with E-state index in [1.807, 2.05) is 12.3 Å². The molecule has 18 heavy (non-hydrogen) atoms. The average molecular weight is 249 g/mol. The quantitative estimate of drug-likeness (QED) is 0.798. The predicted octanol–water partition coefficient (Wildman–Crippen LogP) is 1.32. The minimum atomic E-state index is 0.175. The minimum Gasteiger partial charge on any atom is -0.395 e. The Hall–Kier alpha value is -0.970. The van der Waals surface area contributed by atoms with Crippen molar-refractivity contribution in [1.29, 1.82) is 0 Å². The van der Waals surface area contributed by atoms with Crippen LogP contribution < -0.4 is 5.73 Å². The van der Waals surface area contributed by atoms with Gasteiger partial charge in [-0.15, -0.1) is 0 Å². The summed E-state index contributed by atoms with van der Waals surface area (Å²) in [6, 6.07) is 4.76. The molecule has 1 saturated carbocycles. The lowest BCUT2D eigenvalue weighted by Crippen LogP contribution is -2.42. The highest BCUT2D eigenvalue weighted by atomic mass is 16.3. The smallest absolute Gasteiger partial charge is 0.0558 e. The zero-order chi connectivity index (χ0) is 12.8. The van der Waals surface area contributed by atoms with E-state index in [1.165, 1.54) is 25.7 Å². The number of hydrogen-bond donors (Lipinski definition) is 2. The highest BCUT2D eigenvalue weighted by molar-refractivity contribution is 5.15. The van der Waals surface area contributed by atoms with Crippen LogP contribution in [-0.2, 0) is 0 Å².